The average Bonchev–Trinajstić information content (AvgIpc) is 3.31. The Morgan fingerprint density at radius 2 is 1.86 bits per heavy atom. The maximum absolute atomic E-state index is 13.4. The molecule has 1 unspecified atom stereocenters. The number of fused-ring (bicyclic) bond motifs is 1. The normalized spacial score (nSPS) is 19.3. The van der Waals surface area contributed by atoms with Crippen molar-refractivity contribution in [1.29, 1.82) is 0 Å². The highest BCUT2D eigenvalue weighted by Gasteiger charge is 2.28. The van der Waals surface area contributed by atoms with E-state index in [0.29, 0.717) is 6.04 Å². The molecule has 140 valence electrons. The minimum Gasteiger partial charge on any atom is -0.360 e. The number of rotatable bonds is 3. The van der Waals surface area contributed by atoms with Crippen LogP contribution in [0.5, 0.6) is 0 Å². The van der Waals surface area contributed by atoms with E-state index >= 15 is 0 Å². The molecule has 28 heavy (non-hydrogen) atoms. The first-order valence-electron chi connectivity index (χ1n) is 9.67. The van der Waals surface area contributed by atoms with Gasteiger partial charge in [-0.15, -0.1) is 0 Å². The zero-order valence-electron chi connectivity index (χ0n) is 15.8. The van der Waals surface area contributed by atoms with Gasteiger partial charge in [0.1, 0.15) is 5.82 Å². The first-order valence-corrected chi connectivity index (χ1v) is 9.67. The predicted molar refractivity (Wildman–Crippen MR) is 111 cm³/mol. The molecule has 4 heteroatoms. The van der Waals surface area contributed by atoms with Gasteiger partial charge in [-0.25, -0.2) is 4.39 Å². The molecule has 1 aromatic carbocycles. The summed E-state index contributed by atoms with van der Waals surface area (Å²) >= 11 is 0. The summed E-state index contributed by atoms with van der Waals surface area (Å²) in [6.07, 6.45) is 11.5. The van der Waals surface area contributed by atoms with Crippen LogP contribution < -0.4 is 0 Å². The van der Waals surface area contributed by atoms with E-state index in [4.69, 9.17) is 0 Å². The Kier molecular flexibility index (Phi) is 4.21. The van der Waals surface area contributed by atoms with Crippen LogP contribution >= 0.6 is 0 Å². The molecule has 4 heterocycles. The number of nitrogens with one attached hydrogen (secondary N) is 1. The molecule has 2 aliphatic heterocycles. The second kappa shape index (κ2) is 6.88. The third-order valence-corrected chi connectivity index (χ3v) is 5.73. The molecule has 0 fully saturated rings. The molecular weight excluding hydrogens is 349 g/mol. The van der Waals surface area contributed by atoms with Crippen LogP contribution in [-0.4, -0.2) is 34.0 Å². The lowest BCUT2D eigenvalue weighted by Gasteiger charge is -2.29. The van der Waals surface area contributed by atoms with Crippen molar-refractivity contribution >= 4 is 5.57 Å². The van der Waals surface area contributed by atoms with Gasteiger partial charge in [-0.05, 0) is 66.4 Å². The van der Waals surface area contributed by atoms with E-state index in [2.05, 4.69) is 40.1 Å². The Bertz CT molecular complexity index is 1060. The Morgan fingerprint density at radius 1 is 1.07 bits per heavy atom. The summed E-state index contributed by atoms with van der Waals surface area (Å²) in [6, 6.07) is 11.2. The van der Waals surface area contributed by atoms with E-state index in [1.807, 2.05) is 36.7 Å². The van der Waals surface area contributed by atoms with Crippen molar-refractivity contribution in [3.05, 3.63) is 84.1 Å². The lowest BCUT2D eigenvalue weighted by Crippen LogP contribution is -2.33. The average molecular weight is 371 g/mol. The minimum atomic E-state index is -0.223. The highest BCUT2D eigenvalue weighted by atomic mass is 19.1. The molecule has 1 atom stereocenters. The van der Waals surface area contributed by atoms with Gasteiger partial charge < -0.3 is 4.98 Å². The van der Waals surface area contributed by atoms with E-state index in [-0.39, 0.29) is 5.82 Å². The van der Waals surface area contributed by atoms with E-state index < -0.39 is 0 Å². The summed E-state index contributed by atoms with van der Waals surface area (Å²) in [5, 5.41) is 0. The van der Waals surface area contributed by atoms with Crippen molar-refractivity contribution < 1.29 is 4.39 Å². The van der Waals surface area contributed by atoms with Crippen LogP contribution in [-0.2, 0) is 0 Å². The van der Waals surface area contributed by atoms with Crippen molar-refractivity contribution in [2.45, 2.75) is 19.4 Å². The molecule has 2 aromatic heterocycles. The predicted octanol–water partition coefficient (Wildman–Crippen LogP) is 5.30. The topological polar surface area (TPSA) is 31.9 Å². The Balaban J connectivity index is 1.62. The molecule has 0 saturated carbocycles. The molecule has 0 aliphatic carbocycles. The first-order chi connectivity index (χ1) is 13.7. The fraction of sp³-hybridized carbons (Fsp3) is 0.208. The van der Waals surface area contributed by atoms with E-state index in [1.165, 1.54) is 28.8 Å². The summed E-state index contributed by atoms with van der Waals surface area (Å²) in [5.41, 5.74) is 8.32. The van der Waals surface area contributed by atoms with Crippen LogP contribution in [0.15, 0.2) is 72.7 Å². The van der Waals surface area contributed by atoms with Gasteiger partial charge in [-0.1, -0.05) is 17.7 Å². The van der Waals surface area contributed by atoms with E-state index in [1.54, 1.807) is 0 Å². The van der Waals surface area contributed by atoms with Crippen molar-refractivity contribution in [2.75, 3.05) is 13.1 Å². The molecule has 1 N–H and O–H groups in total. The highest BCUT2D eigenvalue weighted by molar-refractivity contribution is 5.91. The van der Waals surface area contributed by atoms with Gasteiger partial charge >= 0.3 is 0 Å². The molecule has 0 amide bonds. The Labute approximate surface area is 164 Å². The smallest absolute Gasteiger partial charge is 0.123 e. The number of pyridine rings is 1. The number of aromatic nitrogens is 2. The van der Waals surface area contributed by atoms with Crippen LogP contribution in [0.1, 0.15) is 18.9 Å². The van der Waals surface area contributed by atoms with Gasteiger partial charge in [0.2, 0.25) is 0 Å². The van der Waals surface area contributed by atoms with Crippen molar-refractivity contribution in [2.24, 2.45) is 0 Å². The number of nitrogens with zero attached hydrogens (tertiary/aromatic N) is 2. The second-order valence-electron chi connectivity index (χ2n) is 7.64. The van der Waals surface area contributed by atoms with Crippen LogP contribution in [0.4, 0.5) is 4.39 Å². The Hall–Kier alpha value is -2.98. The molecule has 0 radical (unpaired) electrons. The van der Waals surface area contributed by atoms with E-state index in [0.717, 1.165) is 41.9 Å². The lowest BCUT2D eigenvalue weighted by atomic mass is 9.90. The zero-order valence-corrected chi connectivity index (χ0v) is 15.8. The van der Waals surface area contributed by atoms with Crippen LogP contribution in [0, 0.1) is 5.82 Å². The summed E-state index contributed by atoms with van der Waals surface area (Å²) in [5.74, 6) is -0.223. The van der Waals surface area contributed by atoms with Gasteiger partial charge in [-0.2, -0.15) is 0 Å². The molecule has 0 saturated heterocycles. The van der Waals surface area contributed by atoms with Crippen molar-refractivity contribution in [1.82, 2.24) is 14.9 Å². The fourth-order valence-electron chi connectivity index (χ4n) is 4.41. The molecule has 2 aliphatic rings. The first kappa shape index (κ1) is 17.1. The molecule has 0 bridgehead atoms. The summed E-state index contributed by atoms with van der Waals surface area (Å²) in [7, 11) is 0. The third kappa shape index (κ3) is 3.00. The van der Waals surface area contributed by atoms with Crippen LogP contribution in [0.2, 0.25) is 0 Å². The van der Waals surface area contributed by atoms with Gasteiger partial charge in [0.25, 0.3) is 0 Å². The number of aromatic amines is 1. The number of H-pyrrole nitrogens is 1. The van der Waals surface area contributed by atoms with Crippen LogP contribution in [0.25, 0.3) is 28.0 Å². The summed E-state index contributed by atoms with van der Waals surface area (Å²) < 4.78 is 13.4. The molecule has 5 rings (SSSR count). The number of hydrogen-bond donors (Lipinski definition) is 1. The number of benzene rings is 1. The second-order valence-corrected chi connectivity index (χ2v) is 7.64. The van der Waals surface area contributed by atoms with Gasteiger partial charge in [-0.3, -0.25) is 9.88 Å². The standard InChI is InChI=1S/C24H22FN3/c1-16-12-21-13-19(8-11-28(21)15-16)22-14-27-24(18-2-4-20(25)5-3-18)23(22)17-6-9-26-10-7-17/h2-10,12,14,21,27H,11,13,15H2,1H3. The monoisotopic (exact) mass is 371 g/mol. The van der Waals surface area contributed by atoms with Crippen molar-refractivity contribution in [3.8, 4) is 22.4 Å². The van der Waals surface area contributed by atoms with Gasteiger partial charge in [0.05, 0.1) is 5.69 Å². The number of hydrogen-bond acceptors (Lipinski definition) is 2. The molecular formula is C24H22FN3. The Morgan fingerprint density at radius 3 is 2.64 bits per heavy atom. The van der Waals surface area contributed by atoms with Gasteiger partial charge in [0, 0.05) is 48.8 Å². The highest BCUT2D eigenvalue weighted by Crippen LogP contribution is 2.41. The molecule has 3 nitrogen and oxygen atoms in total. The van der Waals surface area contributed by atoms with Crippen LogP contribution in [0.3, 0.4) is 0 Å². The maximum Gasteiger partial charge on any atom is 0.123 e. The van der Waals surface area contributed by atoms with E-state index in [9.17, 15) is 4.39 Å². The SMILES string of the molecule is CC1=CC2CC(c3c[nH]c(-c4ccc(F)cc4)c3-c3ccncc3)=CCN2C1. The maximum atomic E-state index is 13.4. The summed E-state index contributed by atoms with van der Waals surface area (Å²) in [4.78, 5) is 10.1. The zero-order chi connectivity index (χ0) is 19.1. The lowest BCUT2D eigenvalue weighted by molar-refractivity contribution is 0.292. The quantitative estimate of drug-likeness (QED) is 0.634. The molecule has 3 aromatic rings. The largest absolute Gasteiger partial charge is 0.360 e. The van der Waals surface area contributed by atoms with Gasteiger partial charge in [0.15, 0.2) is 0 Å². The van der Waals surface area contributed by atoms with Crippen molar-refractivity contribution in [3.63, 3.8) is 0 Å². The minimum absolute atomic E-state index is 0.223. The number of halogens is 1. The fourth-order valence-corrected chi connectivity index (χ4v) is 4.41. The summed E-state index contributed by atoms with van der Waals surface area (Å²) in [6.45, 7) is 4.25. The molecule has 0 spiro atoms. The third-order valence-electron chi connectivity index (χ3n) is 5.73.